The standard InChI is InChI=1S/C12H27Cl5Si3/c1-10(2,3)18(13,14)20(17,12(7,8)9)19(15,16)11(4,5)6/h1-9H3. The molecule has 0 spiro atoms. The van der Waals surface area contributed by atoms with E-state index < -0.39 is 18.8 Å². The third-order valence-electron chi connectivity index (χ3n) is 3.78. The lowest BCUT2D eigenvalue weighted by molar-refractivity contribution is 0.716. The van der Waals surface area contributed by atoms with Gasteiger partial charge in [-0.1, -0.05) is 62.3 Å². The summed E-state index contributed by atoms with van der Waals surface area (Å²) in [6, 6.07) is 0. The van der Waals surface area contributed by atoms with E-state index in [9.17, 15) is 0 Å². The lowest BCUT2D eigenvalue weighted by Crippen LogP contribution is -2.75. The fourth-order valence-electron chi connectivity index (χ4n) is 2.17. The van der Waals surface area contributed by atoms with E-state index in [2.05, 4.69) is 62.3 Å². The first-order valence-electron chi connectivity index (χ1n) is 6.69. The molecule has 8 heteroatoms. The lowest BCUT2D eigenvalue weighted by atomic mass is 10.2. The van der Waals surface area contributed by atoms with E-state index in [1.54, 1.807) is 0 Å². The van der Waals surface area contributed by atoms with Crippen molar-refractivity contribution in [2.75, 3.05) is 0 Å². The molecule has 0 bridgehead atoms. The minimum atomic E-state index is -2.89. The molecule has 0 fully saturated rings. The molecule has 0 nitrogen and oxygen atoms in total. The van der Waals surface area contributed by atoms with Gasteiger partial charge in [-0.25, -0.2) is 0 Å². The molecule has 20 heavy (non-hydrogen) atoms. The highest BCUT2D eigenvalue weighted by molar-refractivity contribution is 8.08. The fraction of sp³-hybridized carbons (Fsp3) is 1.00. The van der Waals surface area contributed by atoms with Gasteiger partial charge >= 0.3 is 0 Å². The van der Waals surface area contributed by atoms with Gasteiger partial charge < -0.3 is 0 Å². The van der Waals surface area contributed by atoms with Gasteiger partial charge in [-0.3, -0.25) is 0 Å². The number of hydrogen-bond acceptors (Lipinski definition) is 0. The summed E-state index contributed by atoms with van der Waals surface area (Å²) in [4.78, 5) is 0. The SMILES string of the molecule is CC(C)(C)[Si](Cl)(Cl)[Si](Cl)(C(C)(C)C)[Si](Cl)(Cl)C(C)(C)C. The van der Waals surface area contributed by atoms with Gasteiger partial charge in [-0.05, 0) is 15.1 Å². The van der Waals surface area contributed by atoms with Gasteiger partial charge in [0.1, 0.15) is 0 Å². The van der Waals surface area contributed by atoms with Gasteiger partial charge in [-0.15, -0.1) is 44.3 Å². The predicted molar refractivity (Wildman–Crippen MR) is 106 cm³/mol. The van der Waals surface area contributed by atoms with Crippen molar-refractivity contribution in [1.29, 1.82) is 0 Å². The molecular weight excluding hydrogens is 406 g/mol. The molecule has 0 radical (unpaired) electrons. The molecule has 0 heterocycles. The summed E-state index contributed by atoms with van der Waals surface area (Å²) >= 11 is 35.3. The van der Waals surface area contributed by atoms with Gasteiger partial charge in [0.05, 0.1) is 0 Å². The second-order valence-electron chi connectivity index (χ2n) is 8.56. The Bertz CT molecular complexity index is 335. The largest absolute Gasteiger partial charge is 0.262 e. The van der Waals surface area contributed by atoms with Crippen LogP contribution >= 0.6 is 55.4 Å². The van der Waals surface area contributed by atoms with Gasteiger partial charge in [0, 0.05) is 0 Å². The monoisotopic (exact) mass is 430 g/mol. The van der Waals surface area contributed by atoms with Gasteiger partial charge in [0.25, 0.3) is 12.4 Å². The number of halogens is 5. The summed E-state index contributed by atoms with van der Waals surface area (Å²) in [7, 11) is 0. The highest BCUT2D eigenvalue weighted by Crippen LogP contribution is 2.65. The topological polar surface area (TPSA) is 0 Å². The highest BCUT2D eigenvalue weighted by atomic mass is 35.7. The maximum absolute atomic E-state index is 7.30. The molecule has 0 rings (SSSR count). The first kappa shape index (κ1) is 22.1. The van der Waals surface area contributed by atoms with Crippen molar-refractivity contribution in [3.8, 4) is 0 Å². The molecule has 0 atom stereocenters. The summed E-state index contributed by atoms with van der Waals surface area (Å²) in [5.74, 6) is 0. The Morgan fingerprint density at radius 2 is 0.650 bits per heavy atom. The van der Waals surface area contributed by atoms with Crippen LogP contribution in [0.3, 0.4) is 0 Å². The van der Waals surface area contributed by atoms with Crippen LogP contribution in [0.5, 0.6) is 0 Å². The van der Waals surface area contributed by atoms with Crippen molar-refractivity contribution in [3.05, 3.63) is 0 Å². The fourth-order valence-corrected chi connectivity index (χ4v) is 65.7. The quantitative estimate of drug-likeness (QED) is 0.312. The average molecular weight is 433 g/mol. The number of rotatable bonds is 2. The molecule has 0 aromatic rings. The Balaban J connectivity index is 6.50. The third kappa shape index (κ3) is 3.31. The third-order valence-corrected chi connectivity index (χ3v) is 65.3. The molecule has 0 saturated carbocycles. The predicted octanol–water partition coefficient (Wildman–Crippen LogP) is 7.57. The Labute approximate surface area is 151 Å². The van der Waals surface area contributed by atoms with E-state index in [1.807, 2.05) is 0 Å². The molecule has 0 saturated heterocycles. The summed E-state index contributed by atoms with van der Waals surface area (Å²) < 4.78 is 0. The molecule has 0 unspecified atom stereocenters. The Hall–Kier alpha value is 2.10. The van der Waals surface area contributed by atoms with Crippen LogP contribution in [-0.4, -0.2) is 18.8 Å². The van der Waals surface area contributed by atoms with Crippen LogP contribution in [0, 0.1) is 0 Å². The van der Waals surface area contributed by atoms with Crippen molar-refractivity contribution in [2.24, 2.45) is 0 Å². The second kappa shape index (κ2) is 5.87. The van der Waals surface area contributed by atoms with Gasteiger partial charge in [0.2, 0.25) is 6.42 Å². The van der Waals surface area contributed by atoms with Crippen LogP contribution in [0.15, 0.2) is 0 Å². The van der Waals surface area contributed by atoms with E-state index in [0.29, 0.717) is 0 Å². The van der Waals surface area contributed by atoms with Crippen LogP contribution < -0.4 is 0 Å². The van der Waals surface area contributed by atoms with E-state index in [4.69, 9.17) is 55.4 Å². The smallest absolute Gasteiger partial charge is 0.167 e. The van der Waals surface area contributed by atoms with E-state index >= 15 is 0 Å². The van der Waals surface area contributed by atoms with E-state index in [1.165, 1.54) is 0 Å². The molecule has 0 aliphatic heterocycles. The average Bonchev–Trinajstić information content (AvgIpc) is 2.10. The van der Waals surface area contributed by atoms with Crippen molar-refractivity contribution in [1.82, 2.24) is 0 Å². The summed E-state index contributed by atoms with van der Waals surface area (Å²) in [5.41, 5.74) is 0. The minimum Gasteiger partial charge on any atom is -0.167 e. The lowest BCUT2D eigenvalue weighted by Gasteiger charge is -2.56. The zero-order valence-corrected chi connectivity index (χ0v) is 20.7. The normalized spacial score (nSPS) is 16.5. The molecule has 122 valence electrons. The molecule has 0 amide bonds. The van der Waals surface area contributed by atoms with Crippen molar-refractivity contribution >= 4 is 74.2 Å². The zero-order valence-electron chi connectivity index (χ0n) is 13.9. The maximum Gasteiger partial charge on any atom is 0.262 e. The minimum absolute atomic E-state index is 0.263. The van der Waals surface area contributed by atoms with Crippen molar-refractivity contribution in [3.63, 3.8) is 0 Å². The van der Waals surface area contributed by atoms with Crippen LogP contribution in [0.4, 0.5) is 0 Å². The van der Waals surface area contributed by atoms with Crippen LogP contribution in [0.2, 0.25) is 15.1 Å². The molecule has 0 aliphatic carbocycles. The molecule has 0 aromatic carbocycles. The van der Waals surface area contributed by atoms with Crippen molar-refractivity contribution in [2.45, 2.75) is 77.4 Å². The Morgan fingerprint density at radius 1 is 0.450 bits per heavy atom. The van der Waals surface area contributed by atoms with Gasteiger partial charge in [0.15, 0.2) is 0 Å². The summed E-state index contributed by atoms with van der Waals surface area (Å²) in [6.45, 7) is 18.6. The highest BCUT2D eigenvalue weighted by Gasteiger charge is 2.77. The van der Waals surface area contributed by atoms with Crippen LogP contribution in [-0.2, 0) is 0 Å². The molecule has 0 aromatic heterocycles. The summed E-state index contributed by atoms with van der Waals surface area (Å²) in [6.07, 6.45) is -8.65. The van der Waals surface area contributed by atoms with Crippen LogP contribution in [0.25, 0.3) is 0 Å². The molecule has 0 N–H and O–H groups in total. The maximum atomic E-state index is 7.30. The zero-order chi connectivity index (χ0) is 17.0. The Morgan fingerprint density at radius 3 is 0.750 bits per heavy atom. The second-order valence-corrected chi connectivity index (χ2v) is 42.5. The first-order chi connectivity index (χ1) is 8.25. The van der Waals surface area contributed by atoms with Crippen LogP contribution in [0.1, 0.15) is 62.3 Å². The molecular formula is C12H27Cl5Si3. The van der Waals surface area contributed by atoms with E-state index in [0.717, 1.165) is 0 Å². The number of hydrogen-bond donors (Lipinski definition) is 0. The molecule has 0 aliphatic rings. The first-order valence-corrected chi connectivity index (χ1v) is 19.8. The van der Waals surface area contributed by atoms with Gasteiger partial charge in [-0.2, -0.15) is 11.1 Å². The Kier molecular flexibility index (Phi) is 6.49. The summed E-state index contributed by atoms with van der Waals surface area (Å²) in [5, 5.41) is -0.810. The van der Waals surface area contributed by atoms with E-state index in [-0.39, 0.29) is 15.1 Å². The van der Waals surface area contributed by atoms with Crippen molar-refractivity contribution < 1.29 is 0 Å².